The third kappa shape index (κ3) is 2.43. The molecule has 5 heteroatoms. The molecule has 0 aliphatic heterocycles. The molecule has 1 N–H and O–H groups in total. The van der Waals surface area contributed by atoms with E-state index in [9.17, 15) is 5.26 Å². The van der Waals surface area contributed by atoms with Crippen molar-refractivity contribution in [2.24, 2.45) is 0 Å². The fourth-order valence-corrected chi connectivity index (χ4v) is 2.40. The van der Waals surface area contributed by atoms with Gasteiger partial charge in [-0.25, -0.2) is 0 Å². The summed E-state index contributed by atoms with van der Waals surface area (Å²) in [5.41, 5.74) is 1.68. The van der Waals surface area contributed by atoms with Crippen molar-refractivity contribution >= 4 is 16.5 Å². The summed E-state index contributed by atoms with van der Waals surface area (Å²) in [6, 6.07) is 13.9. The van der Waals surface area contributed by atoms with Gasteiger partial charge >= 0.3 is 0 Å². The number of nitrogens with one attached hydrogen (secondary N) is 1. The number of hydrogen-bond acceptors (Lipinski definition) is 4. The Labute approximate surface area is 122 Å². The van der Waals surface area contributed by atoms with Crippen molar-refractivity contribution in [3.8, 4) is 6.07 Å². The Kier molecular flexibility index (Phi) is 3.52. The maximum atomic E-state index is 9.18. The van der Waals surface area contributed by atoms with Crippen molar-refractivity contribution in [3.05, 3.63) is 54.1 Å². The average molecular weight is 277 g/mol. The molecular formula is C16H15N5. The number of aryl methyl sites for hydroxylation is 1. The summed E-state index contributed by atoms with van der Waals surface area (Å²) in [5.74, 6) is 0.894. The van der Waals surface area contributed by atoms with Crippen LogP contribution in [0.2, 0.25) is 0 Å². The van der Waals surface area contributed by atoms with Crippen LogP contribution in [-0.4, -0.2) is 14.8 Å². The second kappa shape index (κ2) is 5.63. The zero-order valence-electron chi connectivity index (χ0n) is 11.7. The molecule has 3 rings (SSSR count). The summed E-state index contributed by atoms with van der Waals surface area (Å²) in [6.45, 7) is 3.51. The van der Waals surface area contributed by atoms with Crippen molar-refractivity contribution in [1.29, 1.82) is 5.26 Å². The zero-order chi connectivity index (χ0) is 14.7. The van der Waals surface area contributed by atoms with E-state index < -0.39 is 0 Å². The van der Waals surface area contributed by atoms with Crippen molar-refractivity contribution in [3.63, 3.8) is 0 Å². The molecule has 0 atom stereocenters. The predicted octanol–water partition coefficient (Wildman–Crippen LogP) is 2.93. The fraction of sp³-hybridized carbons (Fsp3) is 0.188. The Morgan fingerprint density at radius 1 is 1.19 bits per heavy atom. The first-order valence-electron chi connectivity index (χ1n) is 6.86. The molecule has 3 aromatic rings. The Hall–Kier alpha value is -2.87. The van der Waals surface area contributed by atoms with Gasteiger partial charge in [0.2, 0.25) is 0 Å². The largest absolute Gasteiger partial charge is 0.377 e. The second-order valence-corrected chi connectivity index (χ2v) is 4.70. The fourth-order valence-electron chi connectivity index (χ4n) is 2.40. The maximum Gasteiger partial charge on any atom is 0.152 e. The number of anilines is 1. The third-order valence-electron chi connectivity index (χ3n) is 3.52. The first-order valence-corrected chi connectivity index (χ1v) is 6.86. The van der Waals surface area contributed by atoms with Gasteiger partial charge in [0.05, 0.1) is 18.2 Å². The van der Waals surface area contributed by atoms with E-state index in [2.05, 4.69) is 28.5 Å². The lowest BCUT2D eigenvalue weighted by molar-refractivity contribution is 0.708. The molecule has 5 nitrogen and oxygen atoms in total. The van der Waals surface area contributed by atoms with Crippen LogP contribution in [0.1, 0.15) is 18.3 Å². The van der Waals surface area contributed by atoms with Gasteiger partial charge in [-0.2, -0.15) is 5.26 Å². The summed E-state index contributed by atoms with van der Waals surface area (Å²) in [6.07, 6.45) is 1.73. The van der Waals surface area contributed by atoms with Crippen LogP contribution in [0.4, 0.5) is 5.69 Å². The number of nitrogens with zero attached hydrogens (tertiary/aromatic N) is 4. The summed E-state index contributed by atoms with van der Waals surface area (Å²) < 4.78 is 2.00. The van der Waals surface area contributed by atoms with Gasteiger partial charge < -0.3 is 9.88 Å². The van der Waals surface area contributed by atoms with Crippen LogP contribution >= 0.6 is 0 Å². The normalized spacial score (nSPS) is 10.5. The summed E-state index contributed by atoms with van der Waals surface area (Å²) in [4.78, 5) is 0. The number of fused-ring (bicyclic) bond motifs is 1. The van der Waals surface area contributed by atoms with E-state index in [-0.39, 0.29) is 0 Å². The first-order chi connectivity index (χ1) is 10.3. The van der Waals surface area contributed by atoms with Gasteiger partial charge in [-0.15, -0.1) is 10.2 Å². The van der Waals surface area contributed by atoms with Crippen molar-refractivity contribution in [1.82, 2.24) is 14.8 Å². The highest BCUT2D eigenvalue weighted by atomic mass is 15.3. The highest BCUT2D eigenvalue weighted by Crippen LogP contribution is 2.26. The van der Waals surface area contributed by atoms with Gasteiger partial charge in [-0.1, -0.05) is 24.3 Å². The lowest BCUT2D eigenvalue weighted by Crippen LogP contribution is -2.07. The summed E-state index contributed by atoms with van der Waals surface area (Å²) in [7, 11) is 0. The predicted molar refractivity (Wildman–Crippen MR) is 81.7 cm³/mol. The van der Waals surface area contributed by atoms with E-state index in [0.29, 0.717) is 12.1 Å². The standard InChI is InChI=1S/C16H15N5/c1-2-21-11-19-20-16(21)10-18-15-8-7-12(9-17)13-5-3-4-6-14(13)15/h3-8,11,18H,2,10H2,1H3. The highest BCUT2D eigenvalue weighted by Gasteiger charge is 2.07. The average Bonchev–Trinajstić information content (AvgIpc) is 3.00. The van der Waals surface area contributed by atoms with Crippen LogP contribution in [0.5, 0.6) is 0 Å². The molecule has 0 saturated carbocycles. The van der Waals surface area contributed by atoms with Crippen LogP contribution in [0.25, 0.3) is 10.8 Å². The van der Waals surface area contributed by atoms with Crippen LogP contribution in [0.3, 0.4) is 0 Å². The minimum absolute atomic E-state index is 0.601. The second-order valence-electron chi connectivity index (χ2n) is 4.70. The molecule has 0 aliphatic carbocycles. The number of nitriles is 1. The molecule has 0 unspecified atom stereocenters. The quantitative estimate of drug-likeness (QED) is 0.796. The zero-order valence-corrected chi connectivity index (χ0v) is 11.7. The number of rotatable bonds is 4. The summed E-state index contributed by atoms with van der Waals surface area (Å²) in [5, 5.41) is 22.6. The summed E-state index contributed by atoms with van der Waals surface area (Å²) >= 11 is 0. The third-order valence-corrected chi connectivity index (χ3v) is 3.52. The van der Waals surface area contributed by atoms with E-state index in [0.717, 1.165) is 28.8 Å². The first kappa shape index (κ1) is 13.1. The van der Waals surface area contributed by atoms with Crippen LogP contribution in [-0.2, 0) is 13.1 Å². The Bertz CT molecular complexity index is 813. The minimum Gasteiger partial charge on any atom is -0.377 e. The molecular weight excluding hydrogens is 262 g/mol. The van der Waals surface area contributed by atoms with Crippen LogP contribution < -0.4 is 5.32 Å². The van der Waals surface area contributed by atoms with Gasteiger partial charge in [-0.05, 0) is 19.1 Å². The Balaban J connectivity index is 1.93. The Morgan fingerprint density at radius 2 is 2.00 bits per heavy atom. The van der Waals surface area contributed by atoms with Gasteiger partial charge in [0.25, 0.3) is 0 Å². The van der Waals surface area contributed by atoms with E-state index >= 15 is 0 Å². The number of hydrogen-bond donors (Lipinski definition) is 1. The van der Waals surface area contributed by atoms with Crippen molar-refractivity contribution in [2.75, 3.05) is 5.32 Å². The van der Waals surface area contributed by atoms with Gasteiger partial charge in [0.15, 0.2) is 5.82 Å². The maximum absolute atomic E-state index is 9.18. The molecule has 0 saturated heterocycles. The SMILES string of the molecule is CCn1cnnc1CNc1ccc(C#N)c2ccccc12. The van der Waals surface area contributed by atoms with Crippen molar-refractivity contribution < 1.29 is 0 Å². The molecule has 0 radical (unpaired) electrons. The highest BCUT2D eigenvalue weighted by molar-refractivity contribution is 5.97. The molecule has 1 aromatic heterocycles. The van der Waals surface area contributed by atoms with Crippen LogP contribution in [0, 0.1) is 11.3 Å². The monoisotopic (exact) mass is 277 g/mol. The molecule has 21 heavy (non-hydrogen) atoms. The molecule has 0 fully saturated rings. The van der Waals surface area contributed by atoms with Crippen LogP contribution in [0.15, 0.2) is 42.7 Å². The number of benzene rings is 2. The molecule has 1 heterocycles. The lowest BCUT2D eigenvalue weighted by Gasteiger charge is -2.11. The molecule has 2 aromatic carbocycles. The van der Waals surface area contributed by atoms with E-state index in [1.54, 1.807) is 6.33 Å². The van der Waals surface area contributed by atoms with E-state index in [1.807, 2.05) is 41.0 Å². The lowest BCUT2D eigenvalue weighted by atomic mass is 10.0. The smallest absolute Gasteiger partial charge is 0.152 e. The minimum atomic E-state index is 0.601. The molecule has 0 bridgehead atoms. The van der Waals surface area contributed by atoms with Gasteiger partial charge in [-0.3, -0.25) is 0 Å². The number of aromatic nitrogens is 3. The topological polar surface area (TPSA) is 66.5 Å². The molecule has 0 spiro atoms. The molecule has 104 valence electrons. The van der Waals surface area contributed by atoms with E-state index in [1.165, 1.54) is 0 Å². The Morgan fingerprint density at radius 3 is 2.76 bits per heavy atom. The van der Waals surface area contributed by atoms with E-state index in [4.69, 9.17) is 0 Å². The molecule has 0 aliphatic rings. The van der Waals surface area contributed by atoms with Gasteiger partial charge in [0.1, 0.15) is 6.33 Å². The van der Waals surface area contributed by atoms with Gasteiger partial charge in [0, 0.05) is 23.0 Å². The molecule has 0 amide bonds. The van der Waals surface area contributed by atoms with Crippen molar-refractivity contribution in [2.45, 2.75) is 20.0 Å².